The van der Waals surface area contributed by atoms with Crippen LogP contribution in [-0.4, -0.2) is 39.3 Å². The summed E-state index contributed by atoms with van der Waals surface area (Å²) in [5.41, 5.74) is 0.927. The first-order chi connectivity index (χ1) is 12.6. The van der Waals surface area contributed by atoms with Crippen LogP contribution in [0, 0.1) is 6.92 Å². The predicted octanol–water partition coefficient (Wildman–Crippen LogP) is 4.04. The van der Waals surface area contributed by atoms with E-state index in [0.29, 0.717) is 28.4 Å². The van der Waals surface area contributed by atoms with Gasteiger partial charge in [0.15, 0.2) is 5.17 Å². The Morgan fingerprint density at radius 3 is 2.69 bits per heavy atom. The van der Waals surface area contributed by atoms with E-state index in [-0.39, 0.29) is 5.91 Å². The fourth-order valence-corrected chi connectivity index (χ4v) is 3.91. The van der Waals surface area contributed by atoms with E-state index in [1.54, 1.807) is 11.0 Å². The zero-order valence-electron chi connectivity index (χ0n) is 14.5. The van der Waals surface area contributed by atoms with E-state index in [1.165, 1.54) is 23.1 Å². The molecule has 0 bridgehead atoms. The molecule has 0 aliphatic carbocycles. The zero-order valence-corrected chi connectivity index (χ0v) is 16.1. The molecule has 3 rings (SSSR count). The van der Waals surface area contributed by atoms with Gasteiger partial charge in [0.05, 0.1) is 4.91 Å². The van der Waals surface area contributed by atoms with Crippen LogP contribution >= 0.6 is 23.1 Å². The fourth-order valence-electron chi connectivity index (χ4n) is 2.25. The van der Waals surface area contributed by atoms with Gasteiger partial charge in [0, 0.05) is 6.54 Å². The van der Waals surface area contributed by atoms with Crippen molar-refractivity contribution in [1.29, 1.82) is 0 Å². The molecule has 1 aromatic heterocycles. The molecule has 1 aliphatic rings. The van der Waals surface area contributed by atoms with Crippen LogP contribution in [0.2, 0.25) is 0 Å². The molecule has 1 saturated heterocycles. The molecule has 1 aromatic carbocycles. The number of carbonyl (C=O) groups is 1. The highest BCUT2D eigenvalue weighted by Gasteiger charge is 2.32. The first kappa shape index (κ1) is 18.3. The Morgan fingerprint density at radius 2 is 2.08 bits per heavy atom. The van der Waals surface area contributed by atoms with Crippen LogP contribution in [0.4, 0.5) is 5.13 Å². The SMILES string of the molecule is C=CCOc1ccc(/C=C2\S/C(=N/c3nnc(C)s3)N(CC)C2=O)cc1. The monoisotopic (exact) mass is 386 g/mol. The molecule has 134 valence electrons. The molecule has 0 spiro atoms. The lowest BCUT2D eigenvalue weighted by Crippen LogP contribution is -2.28. The highest BCUT2D eigenvalue weighted by atomic mass is 32.2. The largest absolute Gasteiger partial charge is 0.490 e. The van der Waals surface area contributed by atoms with Gasteiger partial charge < -0.3 is 4.74 Å². The van der Waals surface area contributed by atoms with Crippen molar-refractivity contribution in [2.75, 3.05) is 13.2 Å². The highest BCUT2D eigenvalue weighted by molar-refractivity contribution is 8.18. The Kier molecular flexibility index (Phi) is 5.85. The zero-order chi connectivity index (χ0) is 18.5. The second-order valence-electron chi connectivity index (χ2n) is 5.33. The smallest absolute Gasteiger partial charge is 0.266 e. The number of thioether (sulfide) groups is 1. The average Bonchev–Trinajstić information content (AvgIpc) is 3.17. The molecule has 2 aromatic rings. The molecule has 1 aliphatic heterocycles. The summed E-state index contributed by atoms with van der Waals surface area (Å²) >= 11 is 2.75. The molecule has 0 saturated carbocycles. The summed E-state index contributed by atoms with van der Waals surface area (Å²) in [6.45, 7) is 8.44. The minimum Gasteiger partial charge on any atom is -0.490 e. The molecule has 26 heavy (non-hydrogen) atoms. The van der Waals surface area contributed by atoms with E-state index in [4.69, 9.17) is 4.74 Å². The van der Waals surface area contributed by atoms with Crippen molar-refractivity contribution in [2.24, 2.45) is 4.99 Å². The van der Waals surface area contributed by atoms with Crippen molar-refractivity contribution in [3.05, 3.63) is 52.4 Å². The van der Waals surface area contributed by atoms with E-state index < -0.39 is 0 Å². The summed E-state index contributed by atoms with van der Waals surface area (Å²) in [5.74, 6) is 0.714. The molecule has 8 heteroatoms. The van der Waals surface area contributed by atoms with Gasteiger partial charge in [0.2, 0.25) is 5.13 Å². The van der Waals surface area contributed by atoms with Crippen molar-refractivity contribution >= 4 is 45.4 Å². The van der Waals surface area contributed by atoms with Gasteiger partial charge in [-0.2, -0.15) is 4.99 Å². The van der Waals surface area contributed by atoms with Crippen molar-refractivity contribution in [1.82, 2.24) is 15.1 Å². The molecular formula is C18H18N4O2S2. The number of likely N-dealkylation sites (N-methyl/N-ethyl adjacent to an activating group) is 1. The summed E-state index contributed by atoms with van der Waals surface area (Å²) in [7, 11) is 0. The van der Waals surface area contributed by atoms with E-state index in [1.807, 2.05) is 44.2 Å². The highest BCUT2D eigenvalue weighted by Crippen LogP contribution is 2.34. The molecule has 2 heterocycles. The van der Waals surface area contributed by atoms with Crippen LogP contribution in [-0.2, 0) is 4.79 Å². The van der Waals surface area contributed by atoms with Gasteiger partial charge in [-0.1, -0.05) is 36.1 Å². The molecule has 0 radical (unpaired) electrons. The Bertz CT molecular complexity index is 872. The molecule has 6 nitrogen and oxygen atoms in total. The maximum atomic E-state index is 12.6. The topological polar surface area (TPSA) is 67.7 Å². The first-order valence-corrected chi connectivity index (χ1v) is 9.68. The van der Waals surface area contributed by atoms with Gasteiger partial charge in [-0.3, -0.25) is 9.69 Å². The molecule has 0 atom stereocenters. The van der Waals surface area contributed by atoms with Gasteiger partial charge in [-0.25, -0.2) is 0 Å². The summed E-state index contributed by atoms with van der Waals surface area (Å²) in [6, 6.07) is 7.57. The number of aliphatic imine (C=N–C) groups is 1. The number of hydrogen-bond acceptors (Lipinski definition) is 7. The second kappa shape index (κ2) is 8.29. The van der Waals surface area contributed by atoms with Crippen LogP contribution in [0.25, 0.3) is 6.08 Å². The van der Waals surface area contributed by atoms with Crippen LogP contribution in [0.5, 0.6) is 5.75 Å². The number of benzene rings is 1. The lowest BCUT2D eigenvalue weighted by molar-refractivity contribution is -0.122. The minimum atomic E-state index is -0.0514. The third-order valence-corrected chi connectivity index (χ3v) is 5.20. The summed E-state index contributed by atoms with van der Waals surface area (Å²) < 4.78 is 5.47. The quantitative estimate of drug-likeness (QED) is 0.554. The molecule has 0 unspecified atom stereocenters. The number of carbonyl (C=O) groups excluding carboxylic acids is 1. The molecule has 1 amide bonds. The third-order valence-electron chi connectivity index (χ3n) is 3.46. The fraction of sp³-hybridized carbons (Fsp3) is 0.222. The van der Waals surface area contributed by atoms with Crippen molar-refractivity contribution in [2.45, 2.75) is 13.8 Å². The van der Waals surface area contributed by atoms with Gasteiger partial charge in [-0.05, 0) is 49.4 Å². The predicted molar refractivity (Wildman–Crippen MR) is 107 cm³/mol. The summed E-state index contributed by atoms with van der Waals surface area (Å²) in [4.78, 5) is 19.4. The Balaban J connectivity index is 1.81. The molecule has 0 N–H and O–H groups in total. The van der Waals surface area contributed by atoms with Crippen LogP contribution < -0.4 is 4.74 Å². The van der Waals surface area contributed by atoms with Crippen LogP contribution in [0.1, 0.15) is 17.5 Å². The summed E-state index contributed by atoms with van der Waals surface area (Å²) in [5, 5.41) is 10.00. The minimum absolute atomic E-state index is 0.0514. The number of hydrogen-bond donors (Lipinski definition) is 0. The number of aryl methyl sites for hydroxylation is 1. The normalized spacial score (nSPS) is 17.3. The number of nitrogens with zero attached hydrogens (tertiary/aromatic N) is 4. The Labute approximate surface area is 160 Å². The van der Waals surface area contributed by atoms with E-state index in [9.17, 15) is 4.79 Å². The van der Waals surface area contributed by atoms with Crippen LogP contribution in [0.15, 0.2) is 46.8 Å². The summed E-state index contributed by atoms with van der Waals surface area (Å²) in [6.07, 6.45) is 3.56. The number of amides is 1. The van der Waals surface area contributed by atoms with Crippen LogP contribution in [0.3, 0.4) is 0 Å². The average molecular weight is 387 g/mol. The van der Waals surface area contributed by atoms with Gasteiger partial charge in [0.25, 0.3) is 5.91 Å². The van der Waals surface area contributed by atoms with Gasteiger partial charge in [-0.15, -0.1) is 10.2 Å². The lowest BCUT2D eigenvalue weighted by atomic mass is 10.2. The lowest BCUT2D eigenvalue weighted by Gasteiger charge is -2.11. The number of aromatic nitrogens is 2. The van der Waals surface area contributed by atoms with Gasteiger partial charge >= 0.3 is 0 Å². The number of rotatable bonds is 6. The Hall–Kier alpha value is -2.45. The van der Waals surface area contributed by atoms with Crippen molar-refractivity contribution < 1.29 is 9.53 Å². The van der Waals surface area contributed by atoms with Gasteiger partial charge in [0.1, 0.15) is 17.4 Å². The molecular weight excluding hydrogens is 368 g/mol. The second-order valence-corrected chi connectivity index (χ2v) is 7.50. The van der Waals surface area contributed by atoms with E-state index in [2.05, 4.69) is 21.8 Å². The number of ether oxygens (including phenoxy) is 1. The van der Waals surface area contributed by atoms with E-state index in [0.717, 1.165) is 16.3 Å². The maximum absolute atomic E-state index is 12.6. The number of amidine groups is 1. The standard InChI is InChI=1S/C18H18N4O2S2/c1-4-10-24-14-8-6-13(7-9-14)11-15-16(23)22(5-2)18(26-15)19-17-21-20-12(3)25-17/h4,6-9,11H,1,5,10H2,2-3H3/b15-11-,19-18+. The van der Waals surface area contributed by atoms with Crippen molar-refractivity contribution in [3.63, 3.8) is 0 Å². The van der Waals surface area contributed by atoms with Crippen molar-refractivity contribution in [3.8, 4) is 5.75 Å². The maximum Gasteiger partial charge on any atom is 0.266 e. The third kappa shape index (κ3) is 4.20. The van der Waals surface area contributed by atoms with E-state index >= 15 is 0 Å². The molecule has 1 fully saturated rings. The first-order valence-electron chi connectivity index (χ1n) is 8.04. The Morgan fingerprint density at radius 1 is 1.31 bits per heavy atom.